The van der Waals surface area contributed by atoms with E-state index in [0.717, 1.165) is 0 Å². The molecule has 1 aliphatic rings. The molecule has 5 nitrogen and oxygen atoms in total. The van der Waals surface area contributed by atoms with Crippen LogP contribution >= 0.6 is 0 Å². The summed E-state index contributed by atoms with van der Waals surface area (Å²) in [5, 5.41) is 8.56. The fourth-order valence-electron chi connectivity index (χ4n) is 2.34. The summed E-state index contributed by atoms with van der Waals surface area (Å²) in [7, 11) is -3.56. The second-order valence-electron chi connectivity index (χ2n) is 4.76. The molecule has 1 N–H and O–H groups in total. The number of aliphatic carboxylic acids is 1. The lowest BCUT2D eigenvalue weighted by atomic mass is 10.0. The highest BCUT2D eigenvalue weighted by atomic mass is 32.2. The van der Waals surface area contributed by atoms with Gasteiger partial charge in [0, 0.05) is 13.0 Å². The minimum atomic E-state index is -3.56. The fourth-order valence-corrected chi connectivity index (χ4v) is 3.95. The van der Waals surface area contributed by atoms with Crippen LogP contribution in [0.3, 0.4) is 0 Å². The Kier molecular flexibility index (Phi) is 4.27. The van der Waals surface area contributed by atoms with Crippen LogP contribution in [0.25, 0.3) is 0 Å². The molecule has 1 aromatic carbocycles. The molecule has 7 heteroatoms. The summed E-state index contributed by atoms with van der Waals surface area (Å²) >= 11 is 0. The average Bonchev–Trinajstić information content (AvgIpc) is 2.36. The van der Waals surface area contributed by atoms with E-state index >= 15 is 0 Å². The first-order chi connectivity index (χ1) is 9.40. The quantitative estimate of drug-likeness (QED) is 0.899. The monoisotopic (exact) mass is 301 g/mol. The Morgan fingerprint density at radius 3 is 2.85 bits per heavy atom. The number of halogens is 1. The van der Waals surface area contributed by atoms with Gasteiger partial charge in [0.15, 0.2) is 0 Å². The van der Waals surface area contributed by atoms with E-state index in [1.807, 2.05) is 0 Å². The van der Waals surface area contributed by atoms with E-state index in [1.165, 1.54) is 22.5 Å². The van der Waals surface area contributed by atoms with Gasteiger partial charge in [-0.25, -0.2) is 12.8 Å². The average molecular weight is 301 g/mol. The minimum absolute atomic E-state index is 0.0741. The lowest BCUT2D eigenvalue weighted by Crippen LogP contribution is -2.37. The van der Waals surface area contributed by atoms with Crippen molar-refractivity contribution in [1.82, 2.24) is 0 Å². The fraction of sp³-hybridized carbons (Fsp3) is 0.462. The number of hydrogen-bond acceptors (Lipinski definition) is 3. The first-order valence-electron chi connectivity index (χ1n) is 6.41. The smallest absolute Gasteiger partial charge is 0.303 e. The molecule has 1 aromatic rings. The van der Waals surface area contributed by atoms with Crippen LogP contribution < -0.4 is 4.31 Å². The van der Waals surface area contributed by atoms with E-state index in [4.69, 9.17) is 5.11 Å². The Labute approximate surface area is 117 Å². The zero-order chi connectivity index (χ0) is 14.8. The summed E-state index contributed by atoms with van der Waals surface area (Å²) in [4.78, 5) is 10.4. The Bertz CT molecular complexity index is 615. The number of nitrogens with zero attached hydrogens (tertiary/aromatic N) is 1. The lowest BCUT2D eigenvalue weighted by Gasteiger charge is -2.30. The van der Waals surface area contributed by atoms with Crippen molar-refractivity contribution in [2.75, 3.05) is 16.6 Å². The topological polar surface area (TPSA) is 74.7 Å². The highest BCUT2D eigenvalue weighted by Crippen LogP contribution is 2.30. The highest BCUT2D eigenvalue weighted by molar-refractivity contribution is 7.92. The van der Waals surface area contributed by atoms with Crippen LogP contribution in [0.4, 0.5) is 10.1 Å². The van der Waals surface area contributed by atoms with E-state index < -0.39 is 16.0 Å². The van der Waals surface area contributed by atoms with Crippen molar-refractivity contribution in [1.29, 1.82) is 0 Å². The maximum Gasteiger partial charge on any atom is 0.303 e. The second kappa shape index (κ2) is 5.78. The first-order valence-corrected chi connectivity index (χ1v) is 8.02. The molecule has 1 heterocycles. The van der Waals surface area contributed by atoms with Gasteiger partial charge in [-0.3, -0.25) is 9.10 Å². The molecule has 0 atom stereocenters. The maximum absolute atomic E-state index is 13.2. The zero-order valence-electron chi connectivity index (χ0n) is 10.9. The van der Waals surface area contributed by atoms with Crippen molar-refractivity contribution < 1.29 is 22.7 Å². The van der Waals surface area contributed by atoms with Gasteiger partial charge in [-0.05, 0) is 43.0 Å². The van der Waals surface area contributed by atoms with Crippen molar-refractivity contribution in [2.45, 2.75) is 25.7 Å². The van der Waals surface area contributed by atoms with Crippen LogP contribution in [0.15, 0.2) is 18.2 Å². The SMILES string of the molecule is O=C(O)CCCS(=O)(=O)N1CCCc2cc(F)ccc21. The Hall–Kier alpha value is -1.63. The number of carbonyl (C=O) groups is 1. The van der Waals surface area contributed by atoms with Gasteiger partial charge in [0.05, 0.1) is 11.4 Å². The molecule has 20 heavy (non-hydrogen) atoms. The van der Waals surface area contributed by atoms with Crippen LogP contribution in [0.5, 0.6) is 0 Å². The number of carboxylic acid groups (broad SMARTS) is 1. The third-order valence-electron chi connectivity index (χ3n) is 3.25. The molecule has 110 valence electrons. The Balaban J connectivity index is 2.19. The summed E-state index contributed by atoms with van der Waals surface area (Å²) in [6.45, 7) is 0.355. The van der Waals surface area contributed by atoms with Gasteiger partial charge in [-0.2, -0.15) is 0 Å². The molecule has 2 rings (SSSR count). The van der Waals surface area contributed by atoms with Crippen molar-refractivity contribution in [2.24, 2.45) is 0 Å². The Morgan fingerprint density at radius 1 is 1.40 bits per heavy atom. The molecule has 0 bridgehead atoms. The van der Waals surface area contributed by atoms with Gasteiger partial charge in [0.25, 0.3) is 0 Å². The maximum atomic E-state index is 13.2. The largest absolute Gasteiger partial charge is 0.481 e. The summed E-state index contributed by atoms with van der Waals surface area (Å²) in [5.41, 5.74) is 1.19. The third kappa shape index (κ3) is 3.27. The van der Waals surface area contributed by atoms with E-state index in [2.05, 4.69) is 0 Å². The summed E-state index contributed by atoms with van der Waals surface area (Å²) in [5.74, 6) is -1.61. The van der Waals surface area contributed by atoms with E-state index in [1.54, 1.807) is 0 Å². The predicted octanol–water partition coefficient (Wildman–Crippen LogP) is 1.77. The van der Waals surface area contributed by atoms with E-state index in [-0.39, 0.29) is 24.4 Å². The normalized spacial score (nSPS) is 14.9. The van der Waals surface area contributed by atoms with Crippen LogP contribution in [0.1, 0.15) is 24.8 Å². The van der Waals surface area contributed by atoms with Gasteiger partial charge < -0.3 is 5.11 Å². The van der Waals surface area contributed by atoms with Crippen molar-refractivity contribution in [3.8, 4) is 0 Å². The Morgan fingerprint density at radius 2 is 2.15 bits per heavy atom. The molecule has 0 saturated carbocycles. The number of hydrogen-bond donors (Lipinski definition) is 1. The number of anilines is 1. The summed E-state index contributed by atoms with van der Waals surface area (Å²) in [6, 6.07) is 4.07. The first kappa shape index (κ1) is 14.8. The van der Waals surface area contributed by atoms with Crippen LogP contribution in [-0.2, 0) is 21.2 Å². The summed E-state index contributed by atoms with van der Waals surface area (Å²) < 4.78 is 39.0. The molecular formula is C13H16FNO4S. The van der Waals surface area contributed by atoms with Gasteiger partial charge in [0.1, 0.15) is 5.82 Å². The van der Waals surface area contributed by atoms with Gasteiger partial charge >= 0.3 is 5.97 Å². The molecule has 0 amide bonds. The molecule has 0 unspecified atom stereocenters. The van der Waals surface area contributed by atoms with Gasteiger partial charge in [-0.15, -0.1) is 0 Å². The lowest BCUT2D eigenvalue weighted by molar-refractivity contribution is -0.137. The molecule has 1 aliphatic heterocycles. The number of benzene rings is 1. The number of aryl methyl sites for hydroxylation is 1. The second-order valence-corrected chi connectivity index (χ2v) is 6.77. The number of sulfonamides is 1. The molecule has 0 radical (unpaired) electrons. The van der Waals surface area contributed by atoms with Crippen LogP contribution in [-0.4, -0.2) is 31.8 Å². The van der Waals surface area contributed by atoms with Gasteiger partial charge in [-0.1, -0.05) is 0 Å². The molecular weight excluding hydrogens is 285 g/mol. The van der Waals surface area contributed by atoms with Crippen molar-refractivity contribution >= 4 is 21.7 Å². The van der Waals surface area contributed by atoms with Gasteiger partial charge in [0.2, 0.25) is 10.0 Å². The number of fused-ring (bicyclic) bond motifs is 1. The van der Waals surface area contributed by atoms with E-state index in [0.29, 0.717) is 30.6 Å². The molecule has 0 saturated heterocycles. The van der Waals surface area contributed by atoms with Crippen LogP contribution in [0, 0.1) is 5.82 Å². The van der Waals surface area contributed by atoms with E-state index in [9.17, 15) is 17.6 Å². The van der Waals surface area contributed by atoms with Crippen molar-refractivity contribution in [3.05, 3.63) is 29.6 Å². The predicted molar refractivity (Wildman–Crippen MR) is 72.7 cm³/mol. The molecule has 0 fully saturated rings. The minimum Gasteiger partial charge on any atom is -0.481 e. The molecule has 0 aliphatic carbocycles. The molecule has 0 spiro atoms. The highest BCUT2D eigenvalue weighted by Gasteiger charge is 2.27. The molecule has 0 aromatic heterocycles. The zero-order valence-corrected chi connectivity index (χ0v) is 11.7. The summed E-state index contributed by atoms with van der Waals surface area (Å²) in [6.07, 6.45) is 1.18. The number of carboxylic acids is 1. The third-order valence-corrected chi connectivity index (χ3v) is 5.10. The standard InChI is InChI=1S/C13H16FNO4S/c14-11-5-6-12-10(9-11)3-1-7-15(12)20(18,19)8-2-4-13(16)17/h5-6,9H,1-4,7-8H2,(H,16,17). The van der Waals surface area contributed by atoms with Crippen molar-refractivity contribution in [3.63, 3.8) is 0 Å². The van der Waals surface area contributed by atoms with Crippen LogP contribution in [0.2, 0.25) is 0 Å². The number of rotatable bonds is 5.